The number of hydrogen-bond donors (Lipinski definition) is 1. The number of nitrogens with one attached hydrogen (secondary N) is 1. The van der Waals surface area contributed by atoms with Crippen LogP contribution >= 0.6 is 11.6 Å². The molecule has 0 spiro atoms. The number of halogens is 1. The lowest BCUT2D eigenvalue weighted by atomic mass is 10.3. The van der Waals surface area contributed by atoms with Crippen molar-refractivity contribution < 1.29 is 17.9 Å². The fraction of sp³-hybridized carbons (Fsp3) is 0.200. The molecule has 0 fully saturated rings. The van der Waals surface area contributed by atoms with Crippen LogP contribution in [0.3, 0.4) is 0 Å². The Balaban J connectivity index is 2.27. The molecule has 0 aliphatic rings. The molecule has 1 N–H and O–H groups in total. The Morgan fingerprint density at radius 1 is 1.14 bits per heavy atom. The zero-order valence-corrected chi connectivity index (χ0v) is 13.7. The van der Waals surface area contributed by atoms with Gasteiger partial charge in [0.15, 0.2) is 0 Å². The van der Waals surface area contributed by atoms with Crippen LogP contribution in [0.1, 0.15) is 6.92 Å². The Morgan fingerprint density at radius 3 is 2.41 bits per heavy atom. The SMILES string of the molecule is CCOc1ccc(S(=O)(=O)Nc2ccc(Cl)cc2OC)cc1. The van der Waals surface area contributed by atoms with Crippen LogP contribution < -0.4 is 14.2 Å². The van der Waals surface area contributed by atoms with E-state index in [1.807, 2.05) is 6.92 Å². The minimum atomic E-state index is -3.72. The van der Waals surface area contributed by atoms with Gasteiger partial charge in [-0.25, -0.2) is 8.42 Å². The first-order chi connectivity index (χ1) is 10.5. The van der Waals surface area contributed by atoms with Crippen LogP contribution in [-0.4, -0.2) is 22.1 Å². The van der Waals surface area contributed by atoms with Gasteiger partial charge in [-0.2, -0.15) is 0 Å². The standard InChI is InChI=1S/C15H16ClNO4S/c1-3-21-12-5-7-13(8-6-12)22(18,19)17-14-9-4-11(16)10-15(14)20-2/h4-10,17H,3H2,1-2H3. The summed E-state index contributed by atoms with van der Waals surface area (Å²) in [6, 6.07) is 10.9. The normalized spacial score (nSPS) is 11.0. The van der Waals surface area contributed by atoms with Crippen LogP contribution in [0.4, 0.5) is 5.69 Å². The lowest BCUT2D eigenvalue weighted by Crippen LogP contribution is -2.13. The highest BCUT2D eigenvalue weighted by molar-refractivity contribution is 7.92. The number of methoxy groups -OCH3 is 1. The molecule has 0 aromatic heterocycles. The summed E-state index contributed by atoms with van der Waals surface area (Å²) in [6.07, 6.45) is 0. The van der Waals surface area contributed by atoms with Crippen molar-refractivity contribution in [3.8, 4) is 11.5 Å². The predicted molar refractivity (Wildman–Crippen MR) is 86.4 cm³/mol. The largest absolute Gasteiger partial charge is 0.495 e. The molecule has 0 atom stereocenters. The topological polar surface area (TPSA) is 64.6 Å². The molecule has 5 nitrogen and oxygen atoms in total. The predicted octanol–water partition coefficient (Wildman–Crippen LogP) is 3.55. The van der Waals surface area contributed by atoms with Crippen LogP contribution in [0, 0.1) is 0 Å². The Hall–Kier alpha value is -1.92. The van der Waals surface area contributed by atoms with E-state index in [4.69, 9.17) is 21.1 Å². The average Bonchev–Trinajstić information content (AvgIpc) is 2.50. The summed E-state index contributed by atoms with van der Waals surface area (Å²) in [5, 5.41) is 0.459. The number of rotatable bonds is 6. The molecular weight excluding hydrogens is 326 g/mol. The molecule has 0 radical (unpaired) electrons. The first-order valence-electron chi connectivity index (χ1n) is 6.55. The van der Waals surface area contributed by atoms with Crippen LogP contribution in [0.5, 0.6) is 11.5 Å². The highest BCUT2D eigenvalue weighted by Crippen LogP contribution is 2.30. The van der Waals surface area contributed by atoms with Gasteiger partial charge in [0, 0.05) is 11.1 Å². The van der Waals surface area contributed by atoms with Crippen molar-refractivity contribution in [3.05, 3.63) is 47.5 Å². The van der Waals surface area contributed by atoms with Crippen LogP contribution in [0.15, 0.2) is 47.4 Å². The second-order valence-corrected chi connectivity index (χ2v) is 6.47. The van der Waals surface area contributed by atoms with Crippen molar-refractivity contribution in [2.45, 2.75) is 11.8 Å². The smallest absolute Gasteiger partial charge is 0.262 e. The lowest BCUT2D eigenvalue weighted by Gasteiger charge is -2.12. The van der Waals surface area contributed by atoms with Gasteiger partial charge in [0.1, 0.15) is 11.5 Å². The summed E-state index contributed by atoms with van der Waals surface area (Å²) in [6.45, 7) is 2.38. The summed E-state index contributed by atoms with van der Waals surface area (Å²) < 4.78 is 37.7. The fourth-order valence-electron chi connectivity index (χ4n) is 1.83. The van der Waals surface area contributed by atoms with Crippen LogP contribution in [0.25, 0.3) is 0 Å². The molecule has 2 aromatic carbocycles. The number of benzene rings is 2. The zero-order chi connectivity index (χ0) is 16.2. The first-order valence-corrected chi connectivity index (χ1v) is 8.41. The maximum absolute atomic E-state index is 12.4. The quantitative estimate of drug-likeness (QED) is 0.872. The minimum Gasteiger partial charge on any atom is -0.495 e. The second kappa shape index (κ2) is 6.89. The molecule has 7 heteroatoms. The van der Waals surface area contributed by atoms with Crippen molar-refractivity contribution in [3.63, 3.8) is 0 Å². The van der Waals surface area contributed by atoms with E-state index in [1.54, 1.807) is 24.3 Å². The van der Waals surface area contributed by atoms with Crippen molar-refractivity contribution in [2.75, 3.05) is 18.4 Å². The molecule has 118 valence electrons. The molecule has 0 heterocycles. The van der Waals surface area contributed by atoms with Crippen molar-refractivity contribution in [1.82, 2.24) is 0 Å². The Labute approximate surface area is 134 Å². The number of ether oxygens (including phenoxy) is 2. The lowest BCUT2D eigenvalue weighted by molar-refractivity contribution is 0.340. The number of anilines is 1. The summed E-state index contributed by atoms with van der Waals surface area (Å²) >= 11 is 5.86. The average molecular weight is 342 g/mol. The zero-order valence-electron chi connectivity index (χ0n) is 12.2. The van der Waals surface area contributed by atoms with E-state index in [0.717, 1.165) is 0 Å². The fourth-order valence-corrected chi connectivity index (χ4v) is 3.07. The van der Waals surface area contributed by atoms with Crippen molar-refractivity contribution in [2.24, 2.45) is 0 Å². The maximum Gasteiger partial charge on any atom is 0.262 e. The van der Waals surface area contributed by atoms with Gasteiger partial charge >= 0.3 is 0 Å². The summed E-state index contributed by atoms with van der Waals surface area (Å²) in [7, 11) is -2.27. The van der Waals surface area contributed by atoms with E-state index in [0.29, 0.717) is 28.8 Å². The van der Waals surface area contributed by atoms with Crippen LogP contribution in [-0.2, 0) is 10.0 Å². The van der Waals surface area contributed by atoms with E-state index < -0.39 is 10.0 Å². The monoisotopic (exact) mass is 341 g/mol. The van der Waals surface area contributed by atoms with Crippen molar-refractivity contribution >= 4 is 27.3 Å². The van der Waals surface area contributed by atoms with Gasteiger partial charge in [0.05, 0.1) is 24.3 Å². The van der Waals surface area contributed by atoms with Crippen molar-refractivity contribution in [1.29, 1.82) is 0 Å². The van der Waals surface area contributed by atoms with Gasteiger partial charge < -0.3 is 9.47 Å². The molecule has 2 rings (SSSR count). The molecule has 2 aromatic rings. The van der Waals surface area contributed by atoms with E-state index in [9.17, 15) is 8.42 Å². The van der Waals surface area contributed by atoms with Gasteiger partial charge in [-0.3, -0.25) is 4.72 Å². The molecule has 22 heavy (non-hydrogen) atoms. The molecule has 0 unspecified atom stereocenters. The van der Waals surface area contributed by atoms with Gasteiger partial charge in [-0.15, -0.1) is 0 Å². The summed E-state index contributed by atoms with van der Waals surface area (Å²) in [5.74, 6) is 0.965. The molecule has 0 saturated carbocycles. The highest BCUT2D eigenvalue weighted by Gasteiger charge is 2.16. The molecule has 0 amide bonds. The molecule has 0 saturated heterocycles. The summed E-state index contributed by atoms with van der Waals surface area (Å²) in [5.41, 5.74) is 0.320. The van der Waals surface area contributed by atoms with Gasteiger partial charge in [-0.1, -0.05) is 11.6 Å². The molecular formula is C15H16ClNO4S. The highest BCUT2D eigenvalue weighted by atomic mass is 35.5. The first kappa shape index (κ1) is 16.5. The molecule has 0 bridgehead atoms. The Kier molecular flexibility index (Phi) is 5.15. The van der Waals surface area contributed by atoms with Gasteiger partial charge in [-0.05, 0) is 43.3 Å². The van der Waals surface area contributed by atoms with Gasteiger partial charge in [0.25, 0.3) is 10.0 Å². The Morgan fingerprint density at radius 2 is 1.82 bits per heavy atom. The van der Waals surface area contributed by atoms with Gasteiger partial charge in [0.2, 0.25) is 0 Å². The van der Waals surface area contributed by atoms with Crippen LogP contribution in [0.2, 0.25) is 5.02 Å². The second-order valence-electron chi connectivity index (χ2n) is 4.35. The third-order valence-electron chi connectivity index (χ3n) is 2.85. The third-order valence-corrected chi connectivity index (χ3v) is 4.47. The minimum absolute atomic E-state index is 0.132. The van der Waals surface area contributed by atoms with E-state index in [-0.39, 0.29) is 4.90 Å². The number of hydrogen-bond acceptors (Lipinski definition) is 4. The molecule has 0 aliphatic carbocycles. The van der Waals surface area contributed by atoms with E-state index in [1.165, 1.54) is 25.3 Å². The summed E-state index contributed by atoms with van der Waals surface area (Å²) in [4.78, 5) is 0.132. The Bertz CT molecular complexity index is 745. The third kappa shape index (κ3) is 3.84. The van der Waals surface area contributed by atoms with E-state index >= 15 is 0 Å². The van der Waals surface area contributed by atoms with E-state index in [2.05, 4.69) is 4.72 Å². The molecule has 0 aliphatic heterocycles. The number of sulfonamides is 1. The maximum atomic E-state index is 12.4.